The van der Waals surface area contributed by atoms with Gasteiger partial charge in [0, 0.05) is 33.2 Å². The van der Waals surface area contributed by atoms with Crippen molar-refractivity contribution in [2.24, 2.45) is 0 Å². The van der Waals surface area contributed by atoms with Crippen LogP contribution in [0.2, 0.25) is 0 Å². The van der Waals surface area contributed by atoms with Crippen molar-refractivity contribution in [3.8, 4) is 0 Å². The van der Waals surface area contributed by atoms with Gasteiger partial charge in [0.15, 0.2) is 24.6 Å². The Hall–Kier alpha value is -1.19. The van der Waals surface area contributed by atoms with Crippen LogP contribution in [0.15, 0.2) is 0 Å². The Morgan fingerprint density at radius 3 is 1.77 bits per heavy atom. The number of alkyl halides is 1. The smallest absolute Gasteiger partial charge is 0.303 e. The van der Waals surface area contributed by atoms with E-state index in [4.69, 9.17) is 23.7 Å². The van der Waals surface area contributed by atoms with E-state index >= 15 is 0 Å². The number of rotatable bonds is 5. The molecule has 22 heavy (non-hydrogen) atoms. The third kappa shape index (κ3) is 4.92. The second kappa shape index (κ2) is 8.44. The van der Waals surface area contributed by atoms with Crippen molar-refractivity contribution < 1.29 is 38.1 Å². The van der Waals surface area contributed by atoms with E-state index in [2.05, 4.69) is 15.9 Å². The summed E-state index contributed by atoms with van der Waals surface area (Å²) in [4.78, 5) is 34.0. The minimum atomic E-state index is -1.05. The lowest BCUT2D eigenvalue weighted by molar-refractivity contribution is -0.293. The fourth-order valence-corrected chi connectivity index (χ4v) is 2.69. The van der Waals surface area contributed by atoms with Crippen LogP contribution < -0.4 is 0 Å². The number of carbonyl (C=O) groups is 3. The highest BCUT2D eigenvalue weighted by molar-refractivity contribution is 9.09. The molecule has 0 N–H and O–H groups in total. The number of halogens is 1. The summed E-state index contributed by atoms with van der Waals surface area (Å²) in [6.45, 7) is 3.63. The maximum atomic E-state index is 11.4. The van der Waals surface area contributed by atoms with Crippen molar-refractivity contribution in [1.82, 2.24) is 0 Å². The first-order chi connectivity index (χ1) is 10.3. The van der Waals surface area contributed by atoms with Gasteiger partial charge in [0.2, 0.25) is 0 Å². The highest BCUT2D eigenvalue weighted by atomic mass is 79.9. The minimum absolute atomic E-state index is 0.301. The second-order valence-electron chi connectivity index (χ2n) is 4.66. The molecule has 8 nitrogen and oxygen atoms in total. The van der Waals surface area contributed by atoms with E-state index in [-0.39, 0.29) is 0 Å². The minimum Gasteiger partial charge on any atom is -0.456 e. The predicted molar refractivity (Wildman–Crippen MR) is 76.1 cm³/mol. The van der Waals surface area contributed by atoms with Crippen LogP contribution in [0.4, 0.5) is 0 Å². The van der Waals surface area contributed by atoms with Gasteiger partial charge in [0.25, 0.3) is 0 Å². The first kappa shape index (κ1) is 18.9. The molecule has 0 aromatic rings. The van der Waals surface area contributed by atoms with Crippen LogP contribution in [0.3, 0.4) is 0 Å². The lowest BCUT2D eigenvalue weighted by Gasteiger charge is -2.43. The maximum Gasteiger partial charge on any atom is 0.303 e. The normalized spacial score (nSPS) is 31.2. The molecule has 0 unspecified atom stereocenters. The van der Waals surface area contributed by atoms with E-state index in [1.54, 1.807) is 0 Å². The molecule has 1 saturated heterocycles. The Kier molecular flexibility index (Phi) is 7.24. The summed E-state index contributed by atoms with van der Waals surface area (Å²) in [5.74, 6) is -1.79. The highest BCUT2D eigenvalue weighted by Gasteiger charge is 2.51. The Bertz CT molecular complexity index is 396. The van der Waals surface area contributed by atoms with Gasteiger partial charge in [-0.2, -0.15) is 0 Å². The topological polar surface area (TPSA) is 97.4 Å². The molecule has 0 amide bonds. The molecule has 1 aliphatic heterocycles. The van der Waals surface area contributed by atoms with Crippen LogP contribution in [-0.4, -0.2) is 61.1 Å². The Labute approximate surface area is 136 Å². The Balaban J connectivity index is 3.14. The molecule has 1 rings (SSSR count). The average molecular weight is 383 g/mol. The van der Waals surface area contributed by atoms with Gasteiger partial charge in [-0.25, -0.2) is 0 Å². The van der Waals surface area contributed by atoms with Crippen molar-refractivity contribution in [3.05, 3.63) is 0 Å². The monoisotopic (exact) mass is 382 g/mol. The van der Waals surface area contributed by atoms with Gasteiger partial charge in [-0.1, -0.05) is 15.9 Å². The summed E-state index contributed by atoms with van der Waals surface area (Å²) in [5, 5.41) is 0.301. The SMILES string of the molecule is CO[C@H]1O[C@H](CBr)[C@H](OC(C)=O)[C@@H](OC(C)=O)[C@H]1OC(C)=O. The number of hydrogen-bond donors (Lipinski definition) is 0. The average Bonchev–Trinajstić information content (AvgIpc) is 2.41. The molecule has 5 atom stereocenters. The van der Waals surface area contributed by atoms with Crippen molar-refractivity contribution in [3.63, 3.8) is 0 Å². The zero-order valence-corrected chi connectivity index (χ0v) is 14.3. The van der Waals surface area contributed by atoms with Gasteiger partial charge in [0.05, 0.1) is 0 Å². The van der Waals surface area contributed by atoms with Gasteiger partial charge < -0.3 is 23.7 Å². The quantitative estimate of drug-likeness (QED) is 0.386. The highest BCUT2D eigenvalue weighted by Crippen LogP contribution is 2.29. The van der Waals surface area contributed by atoms with Crippen LogP contribution in [0.5, 0.6) is 0 Å². The van der Waals surface area contributed by atoms with E-state index < -0.39 is 48.6 Å². The van der Waals surface area contributed by atoms with Crippen LogP contribution in [0, 0.1) is 0 Å². The molecule has 1 fully saturated rings. The summed E-state index contributed by atoms with van der Waals surface area (Å²) in [6, 6.07) is 0. The zero-order chi connectivity index (χ0) is 16.9. The summed E-state index contributed by atoms with van der Waals surface area (Å²) in [6.07, 6.45) is -4.61. The molecule has 0 saturated carbocycles. The van der Waals surface area contributed by atoms with E-state index in [9.17, 15) is 14.4 Å². The number of hydrogen-bond acceptors (Lipinski definition) is 8. The Morgan fingerprint density at radius 2 is 1.36 bits per heavy atom. The fourth-order valence-electron chi connectivity index (χ4n) is 2.17. The Morgan fingerprint density at radius 1 is 0.909 bits per heavy atom. The van der Waals surface area contributed by atoms with E-state index in [0.29, 0.717) is 5.33 Å². The van der Waals surface area contributed by atoms with Crippen molar-refractivity contribution in [1.29, 1.82) is 0 Å². The number of methoxy groups -OCH3 is 1. The van der Waals surface area contributed by atoms with Crippen LogP contribution in [0.1, 0.15) is 20.8 Å². The van der Waals surface area contributed by atoms with Crippen molar-refractivity contribution >= 4 is 33.8 Å². The molecule has 126 valence electrons. The van der Waals surface area contributed by atoms with Crippen molar-refractivity contribution in [2.75, 3.05) is 12.4 Å². The predicted octanol–water partition coefficient (Wildman–Crippen LogP) is 0.548. The molecule has 0 radical (unpaired) electrons. The van der Waals surface area contributed by atoms with Gasteiger partial charge in [0.1, 0.15) is 6.10 Å². The summed E-state index contributed by atoms with van der Waals surface area (Å²) < 4.78 is 26.3. The molecule has 0 aliphatic carbocycles. The number of ether oxygens (including phenoxy) is 5. The first-order valence-corrected chi connectivity index (χ1v) is 7.68. The van der Waals surface area contributed by atoms with E-state index in [0.717, 1.165) is 0 Å². The molecule has 0 bridgehead atoms. The van der Waals surface area contributed by atoms with Gasteiger partial charge >= 0.3 is 17.9 Å². The van der Waals surface area contributed by atoms with Crippen LogP contribution in [-0.2, 0) is 38.1 Å². The molecule has 1 heterocycles. The molecule has 0 spiro atoms. The molecular formula is C13H19BrO8. The molecule has 9 heteroatoms. The third-order valence-corrected chi connectivity index (χ3v) is 3.52. The van der Waals surface area contributed by atoms with Gasteiger partial charge in [-0.05, 0) is 0 Å². The molecule has 0 aromatic heterocycles. The molecule has 0 aromatic carbocycles. The fraction of sp³-hybridized carbons (Fsp3) is 0.769. The van der Waals surface area contributed by atoms with Crippen LogP contribution in [0.25, 0.3) is 0 Å². The van der Waals surface area contributed by atoms with Crippen molar-refractivity contribution in [2.45, 2.75) is 51.5 Å². The van der Waals surface area contributed by atoms with E-state index in [1.807, 2.05) is 0 Å². The second-order valence-corrected chi connectivity index (χ2v) is 5.30. The van der Waals surface area contributed by atoms with Gasteiger partial charge in [-0.3, -0.25) is 14.4 Å². The summed E-state index contributed by atoms with van der Waals surface area (Å²) in [7, 11) is 1.36. The van der Waals surface area contributed by atoms with Crippen LogP contribution >= 0.6 is 15.9 Å². The standard InChI is InChI=1S/C13H19BrO8/c1-6(15)19-10-9(5-14)22-13(18-4)12(21-8(3)17)11(10)20-7(2)16/h9-13H,5H2,1-4H3/t9-,10+,11-,12-,13+/m1/s1. The lowest BCUT2D eigenvalue weighted by atomic mass is 9.99. The summed E-state index contributed by atoms with van der Waals surface area (Å²) in [5.41, 5.74) is 0. The largest absolute Gasteiger partial charge is 0.456 e. The first-order valence-electron chi connectivity index (χ1n) is 6.56. The van der Waals surface area contributed by atoms with Gasteiger partial charge in [-0.15, -0.1) is 0 Å². The maximum absolute atomic E-state index is 11.4. The molecule has 1 aliphatic rings. The zero-order valence-electron chi connectivity index (χ0n) is 12.7. The van der Waals surface area contributed by atoms with E-state index in [1.165, 1.54) is 27.9 Å². The lowest BCUT2D eigenvalue weighted by Crippen LogP contribution is -2.62. The number of esters is 3. The summed E-state index contributed by atoms with van der Waals surface area (Å²) >= 11 is 3.24. The molecular weight excluding hydrogens is 364 g/mol. The number of carbonyl (C=O) groups excluding carboxylic acids is 3. The third-order valence-electron chi connectivity index (χ3n) is 2.88.